The Morgan fingerprint density at radius 1 is 1.22 bits per heavy atom. The van der Waals surface area contributed by atoms with E-state index >= 15 is 0 Å². The summed E-state index contributed by atoms with van der Waals surface area (Å²) in [5.41, 5.74) is 1.01. The van der Waals surface area contributed by atoms with Crippen LogP contribution in [0.15, 0.2) is 24.3 Å². The summed E-state index contributed by atoms with van der Waals surface area (Å²) in [5, 5.41) is 3.67. The maximum atomic E-state index is 12.8. The molecule has 148 valence electrons. The van der Waals surface area contributed by atoms with Crippen LogP contribution in [0.5, 0.6) is 0 Å². The molecule has 0 bridgehead atoms. The summed E-state index contributed by atoms with van der Waals surface area (Å²) < 4.78 is 5.33. The molecule has 2 fully saturated rings. The molecule has 3 rings (SSSR count). The number of morpholine rings is 1. The minimum atomic E-state index is -0.252. The number of ether oxygens (including phenoxy) is 1. The Morgan fingerprint density at radius 3 is 2.63 bits per heavy atom. The minimum absolute atomic E-state index is 0.00979. The van der Waals surface area contributed by atoms with Gasteiger partial charge in [0.1, 0.15) is 0 Å². The number of piperidine rings is 1. The van der Waals surface area contributed by atoms with Crippen LogP contribution < -0.4 is 5.32 Å². The van der Waals surface area contributed by atoms with Gasteiger partial charge in [-0.05, 0) is 44.0 Å². The standard InChI is InChI=1S/C20H28ClN3O3/c1-15(19(25)22-13-16-4-6-18(21)7-5-16)24-8-2-3-17(14-24)20(26)23-9-11-27-12-10-23/h4-7,15,17H,2-3,8-14H2,1H3,(H,22,25). The molecule has 2 aliphatic heterocycles. The largest absolute Gasteiger partial charge is 0.378 e. The Balaban J connectivity index is 1.50. The molecule has 2 unspecified atom stereocenters. The van der Waals surface area contributed by atoms with Crippen LogP contribution in [0.2, 0.25) is 5.02 Å². The van der Waals surface area contributed by atoms with Gasteiger partial charge in [0.2, 0.25) is 11.8 Å². The number of likely N-dealkylation sites (tertiary alicyclic amines) is 1. The predicted molar refractivity (Wildman–Crippen MR) is 104 cm³/mol. The van der Waals surface area contributed by atoms with E-state index in [1.54, 1.807) is 0 Å². The monoisotopic (exact) mass is 393 g/mol. The summed E-state index contributed by atoms with van der Waals surface area (Å²) in [6.07, 6.45) is 1.83. The third-order valence-electron chi connectivity index (χ3n) is 5.43. The number of nitrogens with one attached hydrogen (secondary N) is 1. The van der Waals surface area contributed by atoms with E-state index in [0.717, 1.165) is 24.9 Å². The lowest BCUT2D eigenvalue weighted by atomic mass is 9.95. The van der Waals surface area contributed by atoms with Crippen molar-refractivity contribution in [2.75, 3.05) is 39.4 Å². The molecule has 0 aliphatic carbocycles. The lowest BCUT2D eigenvalue weighted by Gasteiger charge is -2.38. The van der Waals surface area contributed by atoms with Crippen LogP contribution in [-0.4, -0.2) is 67.0 Å². The van der Waals surface area contributed by atoms with Crippen molar-refractivity contribution in [3.8, 4) is 0 Å². The number of carbonyl (C=O) groups excluding carboxylic acids is 2. The Kier molecular flexibility index (Phi) is 7.10. The fourth-order valence-corrected chi connectivity index (χ4v) is 3.83. The number of rotatable bonds is 5. The normalized spacial score (nSPS) is 22.3. The third kappa shape index (κ3) is 5.43. The van der Waals surface area contributed by atoms with Crippen molar-refractivity contribution in [3.63, 3.8) is 0 Å². The lowest BCUT2D eigenvalue weighted by molar-refractivity contribution is -0.142. The molecular formula is C20H28ClN3O3. The average Bonchev–Trinajstić information content (AvgIpc) is 2.72. The van der Waals surface area contributed by atoms with Gasteiger partial charge in [0.15, 0.2) is 0 Å². The van der Waals surface area contributed by atoms with Crippen molar-refractivity contribution in [3.05, 3.63) is 34.9 Å². The number of carbonyl (C=O) groups is 2. The number of hydrogen-bond acceptors (Lipinski definition) is 4. The van der Waals surface area contributed by atoms with E-state index in [2.05, 4.69) is 10.2 Å². The highest BCUT2D eigenvalue weighted by Gasteiger charge is 2.33. The molecule has 6 nitrogen and oxygen atoms in total. The maximum absolute atomic E-state index is 12.8. The predicted octanol–water partition coefficient (Wildman–Crippen LogP) is 1.92. The molecule has 0 spiro atoms. The van der Waals surface area contributed by atoms with Gasteiger partial charge in [0, 0.05) is 31.2 Å². The van der Waals surface area contributed by atoms with Crippen molar-refractivity contribution in [2.45, 2.75) is 32.4 Å². The van der Waals surface area contributed by atoms with Gasteiger partial charge in [0.25, 0.3) is 0 Å². The molecule has 0 radical (unpaired) electrons. The second-order valence-electron chi connectivity index (χ2n) is 7.29. The maximum Gasteiger partial charge on any atom is 0.237 e. The third-order valence-corrected chi connectivity index (χ3v) is 5.68. The minimum Gasteiger partial charge on any atom is -0.378 e. The zero-order valence-corrected chi connectivity index (χ0v) is 16.6. The first-order valence-electron chi connectivity index (χ1n) is 9.67. The number of halogens is 1. The van der Waals surface area contributed by atoms with E-state index in [0.29, 0.717) is 44.4 Å². The number of nitrogens with zero attached hydrogens (tertiary/aromatic N) is 2. The molecule has 27 heavy (non-hydrogen) atoms. The highest BCUT2D eigenvalue weighted by molar-refractivity contribution is 6.30. The summed E-state index contributed by atoms with van der Waals surface area (Å²) in [7, 11) is 0. The fourth-order valence-electron chi connectivity index (χ4n) is 3.71. The van der Waals surface area contributed by atoms with Crippen LogP contribution in [0.4, 0.5) is 0 Å². The summed E-state index contributed by atoms with van der Waals surface area (Å²) >= 11 is 5.89. The first-order valence-corrected chi connectivity index (χ1v) is 10.0. The van der Waals surface area contributed by atoms with Gasteiger partial charge in [-0.1, -0.05) is 23.7 Å². The van der Waals surface area contributed by atoms with Crippen LogP contribution in [0.25, 0.3) is 0 Å². The summed E-state index contributed by atoms with van der Waals surface area (Å²) in [6, 6.07) is 7.20. The molecule has 2 aliphatic rings. The average molecular weight is 394 g/mol. The number of benzene rings is 1. The molecular weight excluding hydrogens is 366 g/mol. The molecule has 0 saturated carbocycles. The first-order chi connectivity index (χ1) is 13.0. The van der Waals surface area contributed by atoms with Crippen molar-refractivity contribution < 1.29 is 14.3 Å². The molecule has 2 atom stereocenters. The van der Waals surface area contributed by atoms with Gasteiger partial charge in [-0.3, -0.25) is 14.5 Å². The van der Waals surface area contributed by atoms with Crippen LogP contribution in [-0.2, 0) is 20.9 Å². The van der Waals surface area contributed by atoms with Crippen molar-refractivity contribution in [1.29, 1.82) is 0 Å². The van der Waals surface area contributed by atoms with Gasteiger partial charge in [-0.15, -0.1) is 0 Å². The van der Waals surface area contributed by atoms with Crippen molar-refractivity contribution in [2.24, 2.45) is 5.92 Å². The van der Waals surface area contributed by atoms with Crippen LogP contribution in [0, 0.1) is 5.92 Å². The van der Waals surface area contributed by atoms with Crippen LogP contribution in [0.3, 0.4) is 0 Å². The quantitative estimate of drug-likeness (QED) is 0.830. The van der Waals surface area contributed by atoms with Crippen LogP contribution in [0.1, 0.15) is 25.3 Å². The van der Waals surface area contributed by atoms with Gasteiger partial charge in [-0.25, -0.2) is 0 Å². The van der Waals surface area contributed by atoms with Gasteiger partial charge >= 0.3 is 0 Å². The van der Waals surface area contributed by atoms with E-state index in [4.69, 9.17) is 16.3 Å². The molecule has 1 N–H and O–H groups in total. The summed E-state index contributed by atoms with van der Waals surface area (Å²) in [5.74, 6) is 0.171. The van der Waals surface area contributed by atoms with Crippen molar-refractivity contribution >= 4 is 23.4 Å². The zero-order chi connectivity index (χ0) is 19.2. The Labute approximate surface area is 165 Å². The smallest absolute Gasteiger partial charge is 0.237 e. The van der Waals surface area contributed by atoms with E-state index in [-0.39, 0.29) is 23.8 Å². The molecule has 7 heteroatoms. The van der Waals surface area contributed by atoms with Crippen LogP contribution >= 0.6 is 11.6 Å². The Bertz CT molecular complexity index is 646. The highest BCUT2D eigenvalue weighted by Crippen LogP contribution is 2.21. The molecule has 2 amide bonds. The first kappa shape index (κ1) is 20.1. The number of hydrogen-bond donors (Lipinski definition) is 1. The zero-order valence-electron chi connectivity index (χ0n) is 15.8. The molecule has 2 saturated heterocycles. The van der Waals surface area contributed by atoms with Gasteiger partial charge in [-0.2, -0.15) is 0 Å². The second kappa shape index (κ2) is 9.53. The number of amides is 2. The Hall–Kier alpha value is -1.63. The molecule has 1 aromatic carbocycles. The molecule has 0 aromatic heterocycles. The fraction of sp³-hybridized carbons (Fsp3) is 0.600. The highest BCUT2D eigenvalue weighted by atomic mass is 35.5. The summed E-state index contributed by atoms with van der Waals surface area (Å²) in [4.78, 5) is 29.4. The van der Waals surface area contributed by atoms with Gasteiger partial charge < -0.3 is 15.0 Å². The second-order valence-corrected chi connectivity index (χ2v) is 7.73. The molecule has 1 aromatic rings. The van der Waals surface area contributed by atoms with E-state index in [1.807, 2.05) is 36.1 Å². The lowest BCUT2D eigenvalue weighted by Crippen LogP contribution is -2.53. The van der Waals surface area contributed by atoms with Gasteiger partial charge in [0.05, 0.1) is 25.2 Å². The Morgan fingerprint density at radius 2 is 1.93 bits per heavy atom. The summed E-state index contributed by atoms with van der Waals surface area (Å²) in [6.45, 7) is 6.47. The SMILES string of the molecule is CC(C(=O)NCc1ccc(Cl)cc1)N1CCCC(C(=O)N2CCOCC2)C1. The molecule has 2 heterocycles. The van der Waals surface area contributed by atoms with E-state index in [9.17, 15) is 9.59 Å². The topological polar surface area (TPSA) is 61.9 Å². The van der Waals surface area contributed by atoms with Crippen molar-refractivity contribution in [1.82, 2.24) is 15.1 Å². The van der Waals surface area contributed by atoms with E-state index < -0.39 is 0 Å². The van der Waals surface area contributed by atoms with E-state index in [1.165, 1.54) is 0 Å².